The molecule has 0 aromatic heterocycles. The molecule has 0 aromatic carbocycles. The molecule has 0 fully saturated rings. The summed E-state index contributed by atoms with van der Waals surface area (Å²) >= 11 is 14.7. The highest BCUT2D eigenvalue weighted by atomic mass is 35.5. The lowest BCUT2D eigenvalue weighted by molar-refractivity contribution is 0.0762. The Bertz CT molecular complexity index is 121. The Morgan fingerprint density at radius 1 is 1.56 bits per heavy atom. The van der Waals surface area contributed by atoms with Crippen molar-refractivity contribution in [3.05, 3.63) is 10.6 Å². The summed E-state index contributed by atoms with van der Waals surface area (Å²) in [5, 5.41) is -0.737. The van der Waals surface area contributed by atoms with Gasteiger partial charge in [-0.3, -0.25) is 0 Å². The number of allylic oxidation sites excluding steroid dienone is 1. The van der Waals surface area contributed by atoms with Gasteiger partial charge in [0.15, 0.2) is 0 Å². The highest BCUT2D eigenvalue weighted by molar-refractivity contribution is 6.37. The standard InChI is InChI=1S/C4H3Cl3F2/c5-1-3(7)4(8,9)2-6/h1H,2H2/b3-1-. The van der Waals surface area contributed by atoms with Crippen LogP contribution < -0.4 is 0 Å². The predicted molar refractivity (Wildman–Crippen MR) is 35.5 cm³/mol. The first kappa shape index (κ1) is 9.47. The maximum Gasteiger partial charge on any atom is 0.297 e. The van der Waals surface area contributed by atoms with Crippen molar-refractivity contribution in [3.8, 4) is 0 Å². The monoisotopic (exact) mass is 194 g/mol. The SMILES string of the molecule is FC(F)(CCl)/C(Cl)=C/Cl. The number of rotatable bonds is 2. The van der Waals surface area contributed by atoms with Gasteiger partial charge in [0.05, 0.1) is 10.9 Å². The zero-order valence-electron chi connectivity index (χ0n) is 4.17. The molecule has 0 unspecified atom stereocenters. The van der Waals surface area contributed by atoms with Crippen LogP contribution in [0.15, 0.2) is 10.6 Å². The van der Waals surface area contributed by atoms with Gasteiger partial charge in [-0.15, -0.1) is 11.6 Å². The number of hydrogen-bond acceptors (Lipinski definition) is 0. The van der Waals surface area contributed by atoms with E-state index in [1.807, 2.05) is 0 Å². The smallest absolute Gasteiger partial charge is 0.199 e. The van der Waals surface area contributed by atoms with Crippen molar-refractivity contribution in [1.29, 1.82) is 0 Å². The van der Waals surface area contributed by atoms with E-state index >= 15 is 0 Å². The van der Waals surface area contributed by atoms with Crippen LogP contribution in [-0.4, -0.2) is 11.8 Å². The molecule has 0 aromatic rings. The summed E-state index contributed by atoms with van der Waals surface area (Å²) in [5.74, 6) is -4.04. The van der Waals surface area contributed by atoms with E-state index in [0.717, 1.165) is 0 Å². The van der Waals surface area contributed by atoms with E-state index in [1.165, 1.54) is 0 Å². The lowest BCUT2D eigenvalue weighted by atomic mass is 10.4. The second-order valence-electron chi connectivity index (χ2n) is 1.30. The third-order valence-electron chi connectivity index (χ3n) is 0.613. The van der Waals surface area contributed by atoms with Crippen molar-refractivity contribution in [3.63, 3.8) is 0 Å². The van der Waals surface area contributed by atoms with Gasteiger partial charge in [0.2, 0.25) is 0 Å². The topological polar surface area (TPSA) is 0 Å². The van der Waals surface area contributed by atoms with Crippen LogP contribution in [-0.2, 0) is 0 Å². The van der Waals surface area contributed by atoms with E-state index < -0.39 is 16.8 Å². The minimum absolute atomic E-state index is 0.601. The normalized spacial score (nSPS) is 14.1. The lowest BCUT2D eigenvalue weighted by Gasteiger charge is -2.09. The zero-order chi connectivity index (χ0) is 7.49. The maximum atomic E-state index is 12.1. The first-order valence-corrected chi connectivity index (χ1v) is 3.29. The third kappa shape index (κ3) is 2.70. The fourth-order valence-electron chi connectivity index (χ4n) is 0.144. The molecule has 0 radical (unpaired) electrons. The quantitative estimate of drug-likeness (QED) is 0.594. The minimum Gasteiger partial charge on any atom is -0.199 e. The molecule has 0 bridgehead atoms. The van der Waals surface area contributed by atoms with Crippen molar-refractivity contribution in [2.45, 2.75) is 5.92 Å². The van der Waals surface area contributed by atoms with Crippen molar-refractivity contribution < 1.29 is 8.78 Å². The Labute approximate surface area is 66.4 Å². The number of alkyl halides is 3. The molecule has 0 aliphatic rings. The van der Waals surface area contributed by atoms with Crippen LogP contribution in [0.1, 0.15) is 0 Å². The van der Waals surface area contributed by atoms with Crippen LogP contribution in [0.5, 0.6) is 0 Å². The third-order valence-corrected chi connectivity index (χ3v) is 1.66. The molecule has 0 N–H and O–H groups in total. The summed E-state index contributed by atoms with van der Waals surface area (Å²) in [6, 6.07) is 0. The van der Waals surface area contributed by atoms with Gasteiger partial charge in [0.1, 0.15) is 0 Å². The van der Waals surface area contributed by atoms with Gasteiger partial charge in [0.25, 0.3) is 5.92 Å². The van der Waals surface area contributed by atoms with E-state index in [1.54, 1.807) is 0 Å². The van der Waals surface area contributed by atoms with Gasteiger partial charge in [-0.2, -0.15) is 8.78 Å². The Hall–Kier alpha value is 0.470. The molecule has 0 aliphatic heterocycles. The van der Waals surface area contributed by atoms with Crippen LogP contribution in [0.25, 0.3) is 0 Å². The molecule has 9 heavy (non-hydrogen) atoms. The van der Waals surface area contributed by atoms with Gasteiger partial charge >= 0.3 is 0 Å². The van der Waals surface area contributed by atoms with Crippen LogP contribution in [0.4, 0.5) is 8.78 Å². The van der Waals surface area contributed by atoms with Crippen molar-refractivity contribution in [1.82, 2.24) is 0 Å². The van der Waals surface area contributed by atoms with Gasteiger partial charge in [-0.25, -0.2) is 0 Å². The Morgan fingerprint density at radius 3 is 2.11 bits per heavy atom. The summed E-state index contributed by atoms with van der Waals surface area (Å²) in [7, 11) is 0. The molecule has 0 atom stereocenters. The first-order valence-electron chi connectivity index (χ1n) is 1.94. The van der Waals surface area contributed by atoms with Crippen molar-refractivity contribution in [2.75, 3.05) is 5.88 Å². The molecule has 0 saturated carbocycles. The van der Waals surface area contributed by atoms with Crippen molar-refractivity contribution >= 4 is 34.8 Å². The molecule has 0 nitrogen and oxygen atoms in total. The molecule has 0 heterocycles. The summed E-state index contributed by atoms with van der Waals surface area (Å²) in [6.45, 7) is 0. The molecule has 0 aliphatic carbocycles. The molecule has 0 rings (SSSR count). The molecule has 0 amide bonds. The molecular formula is C4H3Cl3F2. The van der Waals surface area contributed by atoms with Crippen LogP contribution >= 0.6 is 34.8 Å². The maximum absolute atomic E-state index is 12.1. The summed E-state index contributed by atoms with van der Waals surface area (Å²) in [6.07, 6.45) is 0. The predicted octanol–water partition coefficient (Wildman–Crippen LogP) is 3.18. The average Bonchev–Trinajstić information content (AvgIpc) is 1.86. The second-order valence-corrected chi connectivity index (χ2v) is 2.19. The van der Waals surface area contributed by atoms with Crippen LogP contribution in [0.3, 0.4) is 0 Å². The highest BCUT2D eigenvalue weighted by Crippen LogP contribution is 2.28. The zero-order valence-corrected chi connectivity index (χ0v) is 6.44. The Morgan fingerprint density at radius 2 is 2.00 bits per heavy atom. The van der Waals surface area contributed by atoms with Crippen molar-refractivity contribution in [2.24, 2.45) is 0 Å². The summed E-state index contributed by atoms with van der Waals surface area (Å²) in [5.41, 5.74) is 0.601. The van der Waals surface area contributed by atoms with Gasteiger partial charge in [-0.1, -0.05) is 23.2 Å². The van der Waals surface area contributed by atoms with E-state index in [4.69, 9.17) is 34.8 Å². The highest BCUT2D eigenvalue weighted by Gasteiger charge is 2.31. The van der Waals surface area contributed by atoms with E-state index in [0.29, 0.717) is 5.54 Å². The molecule has 54 valence electrons. The molecule has 0 saturated heterocycles. The molecular weight excluding hydrogens is 192 g/mol. The molecule has 0 spiro atoms. The fraction of sp³-hybridized carbons (Fsp3) is 0.500. The van der Waals surface area contributed by atoms with Gasteiger partial charge < -0.3 is 0 Å². The van der Waals surface area contributed by atoms with Gasteiger partial charge in [-0.05, 0) is 0 Å². The van der Waals surface area contributed by atoms with E-state index in [9.17, 15) is 8.78 Å². The first-order chi connectivity index (χ1) is 4.04. The summed E-state index contributed by atoms with van der Waals surface area (Å²) in [4.78, 5) is 0. The molecule has 5 heteroatoms. The number of halogens is 5. The van der Waals surface area contributed by atoms with Gasteiger partial charge in [0, 0.05) is 5.54 Å². The Kier molecular flexibility index (Phi) is 3.78. The second kappa shape index (κ2) is 3.59. The largest absolute Gasteiger partial charge is 0.297 e. The summed E-state index contributed by atoms with van der Waals surface area (Å²) < 4.78 is 24.3. The van der Waals surface area contributed by atoms with Crippen LogP contribution in [0, 0.1) is 0 Å². The lowest BCUT2D eigenvalue weighted by Crippen LogP contribution is -2.17. The fourth-order valence-corrected chi connectivity index (χ4v) is 0.582. The minimum atomic E-state index is -3.19. The van der Waals surface area contributed by atoms with E-state index in [2.05, 4.69) is 0 Å². The van der Waals surface area contributed by atoms with Crippen LogP contribution in [0.2, 0.25) is 0 Å². The average molecular weight is 195 g/mol. The Balaban J connectivity index is 4.14. The van der Waals surface area contributed by atoms with E-state index in [-0.39, 0.29) is 0 Å². The number of hydrogen-bond donors (Lipinski definition) is 0.